The number of anilines is 1. The van der Waals surface area contributed by atoms with Gasteiger partial charge >= 0.3 is 5.97 Å². The summed E-state index contributed by atoms with van der Waals surface area (Å²) in [6.45, 7) is 11.0. The lowest BCUT2D eigenvalue weighted by molar-refractivity contribution is 0.0698. The summed E-state index contributed by atoms with van der Waals surface area (Å²) in [5.74, 6) is -0.0871. The van der Waals surface area contributed by atoms with Crippen molar-refractivity contribution in [2.45, 2.75) is 60.1 Å². The van der Waals surface area contributed by atoms with Crippen molar-refractivity contribution in [3.63, 3.8) is 0 Å². The Morgan fingerprint density at radius 2 is 1.67 bits per heavy atom. The van der Waals surface area contributed by atoms with Gasteiger partial charge in [-0.3, -0.25) is 9.48 Å². The van der Waals surface area contributed by atoms with Gasteiger partial charge in [0.2, 0.25) is 0 Å². The molecule has 2 N–H and O–H groups in total. The van der Waals surface area contributed by atoms with Crippen molar-refractivity contribution in [1.82, 2.24) is 19.3 Å². The van der Waals surface area contributed by atoms with E-state index >= 15 is 4.79 Å². The second-order valence-corrected chi connectivity index (χ2v) is 15.7. The van der Waals surface area contributed by atoms with E-state index in [4.69, 9.17) is 37.8 Å². The monoisotopic (exact) mass is 803 g/mol. The molecule has 8 rings (SSSR count). The van der Waals surface area contributed by atoms with Crippen LogP contribution in [0.25, 0.3) is 32.9 Å². The fraction of sp³-hybridized carbons (Fsp3) is 0.267. The van der Waals surface area contributed by atoms with E-state index in [0.29, 0.717) is 59.0 Å². The zero-order valence-electron chi connectivity index (χ0n) is 32.7. The number of carbonyl (C=O) groups excluding carboxylic acids is 1. The molecule has 0 unspecified atom stereocenters. The molecule has 57 heavy (non-hydrogen) atoms. The lowest BCUT2D eigenvalue weighted by Gasteiger charge is -2.34. The van der Waals surface area contributed by atoms with E-state index in [1.807, 2.05) is 100 Å². The minimum Gasteiger partial charge on any atom is -0.494 e. The smallest absolute Gasteiger partial charge is 0.337 e. The average Bonchev–Trinajstić information content (AvgIpc) is 3.84. The Hall–Kier alpha value is -5.71. The Bertz CT molecular complexity index is 2710. The number of carboxylic acid groups (broad SMARTS) is 1. The molecule has 0 fully saturated rings. The predicted molar refractivity (Wildman–Crippen MR) is 226 cm³/mol. The maximum absolute atomic E-state index is 15.3. The lowest BCUT2D eigenvalue weighted by atomic mass is 9.98. The summed E-state index contributed by atoms with van der Waals surface area (Å²) in [6, 6.07) is 20.9. The average molecular weight is 805 g/mol. The molecule has 292 valence electrons. The van der Waals surface area contributed by atoms with Crippen LogP contribution in [-0.4, -0.2) is 49.5 Å². The number of ether oxygens (including phenoxy) is 2. The third kappa shape index (κ3) is 6.70. The number of aromatic amines is 1. The van der Waals surface area contributed by atoms with Crippen molar-refractivity contribution in [2.24, 2.45) is 7.05 Å². The van der Waals surface area contributed by atoms with Gasteiger partial charge in [0, 0.05) is 64.5 Å². The summed E-state index contributed by atoms with van der Waals surface area (Å²) in [5.41, 5.74) is 9.95. The number of carboxylic acids is 1. The molecule has 3 aromatic heterocycles. The molecule has 4 aromatic carbocycles. The topological polar surface area (TPSA) is 115 Å². The number of hydrogen-bond donors (Lipinski definition) is 2. The fourth-order valence-electron chi connectivity index (χ4n) is 8.34. The minimum atomic E-state index is -1.08. The Labute approximate surface area is 340 Å². The number of nitrogens with zero attached hydrogens (tertiary/aromatic N) is 4. The molecule has 12 heteroatoms. The summed E-state index contributed by atoms with van der Waals surface area (Å²) < 4.78 is 16.5. The number of rotatable bonds is 11. The van der Waals surface area contributed by atoms with Crippen LogP contribution >= 0.6 is 23.2 Å². The van der Waals surface area contributed by atoms with Crippen LogP contribution < -0.4 is 14.4 Å². The summed E-state index contributed by atoms with van der Waals surface area (Å²) in [5, 5.41) is 17.5. The van der Waals surface area contributed by atoms with Crippen LogP contribution in [-0.2, 0) is 20.1 Å². The van der Waals surface area contributed by atoms with Gasteiger partial charge in [-0.25, -0.2) is 4.79 Å². The minimum absolute atomic E-state index is 0.0938. The number of fused-ring (bicyclic) bond motifs is 4. The van der Waals surface area contributed by atoms with Crippen LogP contribution in [0.2, 0.25) is 10.0 Å². The van der Waals surface area contributed by atoms with E-state index in [1.54, 1.807) is 11.0 Å². The fourth-order valence-corrected chi connectivity index (χ4v) is 8.69. The van der Waals surface area contributed by atoms with Crippen LogP contribution in [0.1, 0.15) is 73.9 Å². The second kappa shape index (κ2) is 15.0. The summed E-state index contributed by atoms with van der Waals surface area (Å²) >= 11 is 13.6. The molecule has 0 aliphatic carbocycles. The zero-order valence-corrected chi connectivity index (χ0v) is 34.2. The number of hydrogen-bond acceptors (Lipinski definition) is 5. The number of aromatic nitrogens is 4. The Morgan fingerprint density at radius 3 is 2.35 bits per heavy atom. The highest BCUT2D eigenvalue weighted by Gasteiger charge is 2.38. The first-order valence-corrected chi connectivity index (χ1v) is 19.7. The van der Waals surface area contributed by atoms with Crippen LogP contribution in [0.3, 0.4) is 0 Å². The number of benzene rings is 4. The molecular weight excluding hydrogens is 761 g/mol. The first-order valence-electron chi connectivity index (χ1n) is 19.0. The van der Waals surface area contributed by atoms with E-state index in [1.165, 1.54) is 6.20 Å². The SMILES string of the molecule is Cc1cc(OCCCc2c3n(c4c(-c5c(C)nn(C)c5C)c(Cl)ccc24)[C@H](C)CN(c2cc(OCc4ccccc4)cc4c(C(=O)O)c[nH]c24)C3=O)cc(C)c1Cl. The van der Waals surface area contributed by atoms with Crippen molar-refractivity contribution >= 4 is 62.6 Å². The number of carbonyl (C=O) groups is 2. The molecule has 4 heterocycles. The van der Waals surface area contributed by atoms with E-state index < -0.39 is 5.97 Å². The van der Waals surface area contributed by atoms with Crippen LogP contribution in [0.4, 0.5) is 5.69 Å². The third-order valence-corrected chi connectivity index (χ3v) is 12.0. The van der Waals surface area contributed by atoms with Crippen molar-refractivity contribution in [3.8, 4) is 22.6 Å². The van der Waals surface area contributed by atoms with Crippen molar-refractivity contribution in [2.75, 3.05) is 18.1 Å². The molecule has 0 saturated carbocycles. The summed E-state index contributed by atoms with van der Waals surface area (Å²) in [7, 11) is 1.92. The van der Waals surface area contributed by atoms with Gasteiger partial charge in [-0.2, -0.15) is 5.10 Å². The van der Waals surface area contributed by atoms with Crippen molar-refractivity contribution in [3.05, 3.63) is 128 Å². The van der Waals surface area contributed by atoms with Crippen LogP contribution in [0.15, 0.2) is 72.9 Å². The molecule has 1 aliphatic rings. The number of amides is 1. The largest absolute Gasteiger partial charge is 0.494 e. The van der Waals surface area contributed by atoms with Gasteiger partial charge in [-0.15, -0.1) is 0 Å². The molecule has 0 radical (unpaired) electrons. The van der Waals surface area contributed by atoms with Crippen LogP contribution in [0, 0.1) is 27.7 Å². The van der Waals surface area contributed by atoms with Gasteiger partial charge in [0.15, 0.2) is 0 Å². The summed E-state index contributed by atoms with van der Waals surface area (Å²) in [4.78, 5) is 32.6. The van der Waals surface area contributed by atoms with Gasteiger partial charge in [-0.05, 0) is 94.0 Å². The van der Waals surface area contributed by atoms with Gasteiger partial charge in [0.1, 0.15) is 23.8 Å². The van der Waals surface area contributed by atoms with Gasteiger partial charge in [0.25, 0.3) is 5.91 Å². The third-order valence-electron chi connectivity index (χ3n) is 11.1. The number of aromatic carboxylic acids is 1. The normalized spacial score (nSPS) is 14.1. The van der Waals surface area contributed by atoms with Crippen molar-refractivity contribution in [1.29, 1.82) is 0 Å². The van der Waals surface area contributed by atoms with Gasteiger partial charge < -0.3 is 29.0 Å². The van der Waals surface area contributed by atoms with E-state index in [9.17, 15) is 9.90 Å². The first-order chi connectivity index (χ1) is 27.3. The first kappa shape index (κ1) is 38.2. The molecule has 0 bridgehead atoms. The Balaban J connectivity index is 1.26. The van der Waals surface area contributed by atoms with E-state index in [-0.39, 0.29) is 24.1 Å². The molecule has 7 aromatic rings. The Kier molecular flexibility index (Phi) is 10.0. The molecule has 1 amide bonds. The predicted octanol–water partition coefficient (Wildman–Crippen LogP) is 10.6. The van der Waals surface area contributed by atoms with Crippen LogP contribution in [0.5, 0.6) is 11.5 Å². The highest BCUT2D eigenvalue weighted by molar-refractivity contribution is 6.35. The molecule has 0 saturated heterocycles. The number of halogens is 2. The zero-order chi connectivity index (χ0) is 40.3. The lowest BCUT2D eigenvalue weighted by Crippen LogP contribution is -2.42. The number of H-pyrrole nitrogens is 1. The quantitative estimate of drug-likeness (QED) is 0.126. The van der Waals surface area contributed by atoms with E-state index in [2.05, 4.69) is 16.5 Å². The molecule has 0 spiro atoms. The molecule has 1 aliphatic heterocycles. The Morgan fingerprint density at radius 1 is 0.947 bits per heavy atom. The molecule has 1 atom stereocenters. The highest BCUT2D eigenvalue weighted by atomic mass is 35.5. The van der Waals surface area contributed by atoms with Gasteiger partial charge in [-0.1, -0.05) is 59.6 Å². The number of nitrogens with one attached hydrogen (secondary N) is 1. The second-order valence-electron chi connectivity index (χ2n) is 14.9. The summed E-state index contributed by atoms with van der Waals surface area (Å²) in [6.07, 6.45) is 2.64. The highest BCUT2D eigenvalue weighted by Crippen LogP contribution is 2.46. The standard InChI is InChI=1S/C45H43Cl2N5O5/c1-24-17-30(18-25(2)40(24)47)56-16-10-13-32-33-14-15-36(46)39(38-27(4)49-50(6)28(38)5)42(33)52-26(3)22-51(44(53)43(32)52)37-20-31(57-23-29-11-8-7-9-12-29)19-34-35(45(54)55)21-48-41(34)37/h7-9,11-12,14-15,17-21,26,48H,10,13,16,22-23H2,1-6H3,(H,54,55)/t26-/m1/s1. The van der Waals surface area contributed by atoms with E-state index in [0.717, 1.165) is 66.4 Å². The number of aryl methyl sites for hydroxylation is 5. The molecular formula is C45H43Cl2N5O5. The van der Waals surface area contributed by atoms with Gasteiger partial charge in [0.05, 0.1) is 39.6 Å². The maximum Gasteiger partial charge on any atom is 0.337 e. The van der Waals surface area contributed by atoms with Crippen molar-refractivity contribution < 1.29 is 24.2 Å². The maximum atomic E-state index is 15.3. The molecule has 10 nitrogen and oxygen atoms in total.